The summed E-state index contributed by atoms with van der Waals surface area (Å²) in [6, 6.07) is 81.2. The maximum absolute atomic E-state index is 2.39. The van der Waals surface area contributed by atoms with Crippen molar-refractivity contribution in [1.82, 2.24) is 0 Å². The van der Waals surface area contributed by atoms with Gasteiger partial charge in [0.2, 0.25) is 0 Å². The van der Waals surface area contributed by atoms with Crippen LogP contribution in [0.5, 0.6) is 0 Å². The summed E-state index contributed by atoms with van der Waals surface area (Å²) < 4.78 is 2.62. The molecule has 0 saturated carbocycles. The van der Waals surface area contributed by atoms with Gasteiger partial charge in [-0.25, -0.2) is 0 Å². The maximum atomic E-state index is 2.39. The van der Waals surface area contributed by atoms with E-state index < -0.39 is 0 Å². The van der Waals surface area contributed by atoms with Gasteiger partial charge in [0, 0.05) is 37.2 Å². The Balaban J connectivity index is 1.07. The van der Waals surface area contributed by atoms with Gasteiger partial charge in [-0.3, -0.25) is 0 Å². The first kappa shape index (κ1) is 33.6. The zero-order chi connectivity index (χ0) is 37.3. The van der Waals surface area contributed by atoms with Crippen molar-refractivity contribution in [2.75, 3.05) is 4.90 Å². The molecule has 0 amide bonds. The van der Waals surface area contributed by atoms with Crippen LogP contribution in [-0.4, -0.2) is 0 Å². The monoisotopic (exact) mass is 731 g/mol. The predicted octanol–water partition coefficient (Wildman–Crippen LogP) is 15.9. The van der Waals surface area contributed by atoms with Gasteiger partial charge in [0.25, 0.3) is 0 Å². The van der Waals surface area contributed by atoms with Gasteiger partial charge >= 0.3 is 0 Å². The normalized spacial score (nSPS) is 11.2. The number of nitrogens with zero attached hydrogens (tertiary/aromatic N) is 1. The number of thiophene rings is 1. The Morgan fingerprint density at radius 3 is 1.18 bits per heavy atom. The van der Waals surface area contributed by atoms with Crippen molar-refractivity contribution in [3.05, 3.63) is 224 Å². The lowest BCUT2D eigenvalue weighted by atomic mass is 9.92. The second-order valence-corrected chi connectivity index (χ2v) is 15.2. The summed E-state index contributed by atoms with van der Waals surface area (Å²) in [7, 11) is 0. The van der Waals surface area contributed by atoms with Crippen LogP contribution >= 0.6 is 11.3 Å². The topological polar surface area (TPSA) is 3.24 Å². The molecule has 0 fully saturated rings. The van der Waals surface area contributed by atoms with Crippen molar-refractivity contribution in [1.29, 1.82) is 0 Å². The van der Waals surface area contributed by atoms with Gasteiger partial charge in [-0.05, 0) is 110 Å². The number of fused-ring (bicyclic) bond motifs is 3. The van der Waals surface area contributed by atoms with Gasteiger partial charge < -0.3 is 4.90 Å². The molecule has 0 aliphatic rings. The van der Waals surface area contributed by atoms with Gasteiger partial charge in [0.05, 0.1) is 0 Å². The van der Waals surface area contributed by atoms with Crippen LogP contribution in [0.1, 0.15) is 0 Å². The second kappa shape index (κ2) is 14.7. The third kappa shape index (κ3) is 6.36. The lowest BCUT2D eigenvalue weighted by Crippen LogP contribution is -2.09. The highest BCUT2D eigenvalue weighted by Gasteiger charge is 2.17. The SMILES string of the molecule is c1ccc(-c2ccc(N(c3ccc(-c4ccccc4-c4ccccc4)cc3)c3ccc(-c4cc5sc6ccccc6c5cc4-c4ccccc4)cc3)cc2)cc1. The highest BCUT2D eigenvalue weighted by Crippen LogP contribution is 2.44. The minimum atomic E-state index is 1.10. The summed E-state index contributed by atoms with van der Waals surface area (Å²) in [4.78, 5) is 2.36. The maximum Gasteiger partial charge on any atom is 0.0462 e. The summed E-state index contributed by atoms with van der Waals surface area (Å²) >= 11 is 1.87. The first-order valence-electron chi connectivity index (χ1n) is 19.1. The summed E-state index contributed by atoms with van der Waals surface area (Å²) in [5, 5.41) is 2.62. The van der Waals surface area contributed by atoms with Gasteiger partial charge in [-0.1, -0.05) is 170 Å². The molecule has 0 radical (unpaired) electrons. The molecular formula is C54H37NS. The van der Waals surface area contributed by atoms with Crippen molar-refractivity contribution in [3.8, 4) is 55.6 Å². The molecule has 0 N–H and O–H groups in total. The summed E-state index contributed by atoms with van der Waals surface area (Å²) in [6.07, 6.45) is 0. The number of hydrogen-bond donors (Lipinski definition) is 0. The smallest absolute Gasteiger partial charge is 0.0462 e. The van der Waals surface area contributed by atoms with Crippen LogP contribution in [0, 0.1) is 0 Å². The van der Waals surface area contributed by atoms with Crippen LogP contribution in [0.25, 0.3) is 75.8 Å². The third-order valence-electron chi connectivity index (χ3n) is 10.7. The van der Waals surface area contributed by atoms with Crippen LogP contribution < -0.4 is 4.90 Å². The van der Waals surface area contributed by atoms with Gasteiger partial charge in [0.1, 0.15) is 0 Å². The zero-order valence-corrected chi connectivity index (χ0v) is 31.5. The molecule has 1 aromatic heterocycles. The first-order valence-corrected chi connectivity index (χ1v) is 19.9. The molecule has 56 heavy (non-hydrogen) atoms. The number of anilines is 3. The molecule has 9 aromatic carbocycles. The molecular weight excluding hydrogens is 695 g/mol. The van der Waals surface area contributed by atoms with E-state index in [0.717, 1.165) is 17.1 Å². The number of rotatable bonds is 8. The first-order chi connectivity index (χ1) is 27.8. The van der Waals surface area contributed by atoms with E-state index in [2.05, 4.69) is 229 Å². The Hall–Kier alpha value is -7.00. The fraction of sp³-hybridized carbons (Fsp3) is 0. The van der Waals surface area contributed by atoms with E-state index in [4.69, 9.17) is 0 Å². The molecule has 0 spiro atoms. The van der Waals surface area contributed by atoms with Crippen molar-refractivity contribution in [3.63, 3.8) is 0 Å². The van der Waals surface area contributed by atoms with Crippen LogP contribution in [-0.2, 0) is 0 Å². The summed E-state index contributed by atoms with van der Waals surface area (Å²) in [5.74, 6) is 0. The number of benzene rings is 9. The third-order valence-corrected chi connectivity index (χ3v) is 11.9. The minimum Gasteiger partial charge on any atom is -0.311 e. The van der Waals surface area contributed by atoms with Crippen molar-refractivity contribution >= 4 is 48.6 Å². The molecule has 0 aliphatic carbocycles. The van der Waals surface area contributed by atoms with Gasteiger partial charge in [-0.15, -0.1) is 11.3 Å². The molecule has 1 nitrogen and oxygen atoms in total. The molecule has 0 unspecified atom stereocenters. The fourth-order valence-electron chi connectivity index (χ4n) is 7.93. The van der Waals surface area contributed by atoms with Crippen LogP contribution in [0.3, 0.4) is 0 Å². The van der Waals surface area contributed by atoms with Crippen LogP contribution in [0.2, 0.25) is 0 Å². The predicted molar refractivity (Wildman–Crippen MR) is 241 cm³/mol. The average Bonchev–Trinajstić information content (AvgIpc) is 3.65. The Kier molecular flexibility index (Phi) is 8.79. The van der Waals surface area contributed by atoms with Gasteiger partial charge in [0.15, 0.2) is 0 Å². The highest BCUT2D eigenvalue weighted by molar-refractivity contribution is 7.25. The standard InChI is InChI=1S/C54H37NS/c1-4-14-38(15-5-1)39-24-30-44(31-25-39)55(45-32-26-42(27-33-45)48-21-11-10-20-47(48)40-16-6-2-7-17-40)46-34-28-43(29-35-46)51-37-54-52(49-22-12-13-23-53(49)56-54)36-50(51)41-18-8-3-9-19-41/h1-37H. The Morgan fingerprint density at radius 1 is 0.250 bits per heavy atom. The Labute approximate surface area is 332 Å². The second-order valence-electron chi connectivity index (χ2n) is 14.1. The minimum absolute atomic E-state index is 1.10. The van der Waals surface area contributed by atoms with E-state index in [0.29, 0.717) is 0 Å². The molecule has 1 heterocycles. The molecule has 10 rings (SSSR count). The van der Waals surface area contributed by atoms with Crippen molar-refractivity contribution in [2.24, 2.45) is 0 Å². The van der Waals surface area contributed by atoms with E-state index in [1.807, 2.05) is 11.3 Å². The lowest BCUT2D eigenvalue weighted by Gasteiger charge is -2.26. The van der Waals surface area contributed by atoms with Crippen molar-refractivity contribution in [2.45, 2.75) is 0 Å². The Morgan fingerprint density at radius 2 is 0.625 bits per heavy atom. The number of hydrogen-bond acceptors (Lipinski definition) is 2. The van der Waals surface area contributed by atoms with E-state index in [1.54, 1.807) is 0 Å². The molecule has 264 valence electrons. The van der Waals surface area contributed by atoms with Crippen molar-refractivity contribution < 1.29 is 0 Å². The van der Waals surface area contributed by atoms with Crippen LogP contribution in [0.4, 0.5) is 17.1 Å². The van der Waals surface area contributed by atoms with E-state index in [9.17, 15) is 0 Å². The summed E-state index contributed by atoms with van der Waals surface area (Å²) in [5.41, 5.74) is 15.5. The fourth-order valence-corrected chi connectivity index (χ4v) is 9.06. The Bertz CT molecular complexity index is 2910. The van der Waals surface area contributed by atoms with E-state index in [1.165, 1.54) is 75.8 Å². The van der Waals surface area contributed by atoms with E-state index in [-0.39, 0.29) is 0 Å². The average molecular weight is 732 g/mol. The van der Waals surface area contributed by atoms with Crippen LogP contribution in [0.15, 0.2) is 224 Å². The van der Waals surface area contributed by atoms with E-state index >= 15 is 0 Å². The molecule has 0 saturated heterocycles. The molecule has 10 aromatic rings. The summed E-state index contributed by atoms with van der Waals surface area (Å²) in [6.45, 7) is 0. The molecule has 0 bridgehead atoms. The lowest BCUT2D eigenvalue weighted by molar-refractivity contribution is 1.28. The molecule has 2 heteroatoms. The molecule has 0 aliphatic heterocycles. The van der Waals surface area contributed by atoms with Gasteiger partial charge in [-0.2, -0.15) is 0 Å². The largest absolute Gasteiger partial charge is 0.311 e. The highest BCUT2D eigenvalue weighted by atomic mass is 32.1. The zero-order valence-electron chi connectivity index (χ0n) is 30.7. The quantitative estimate of drug-likeness (QED) is 0.150. The molecule has 0 atom stereocenters.